The van der Waals surface area contributed by atoms with Crippen LogP contribution >= 0.6 is 0 Å². The highest BCUT2D eigenvalue weighted by molar-refractivity contribution is 7.92. The van der Waals surface area contributed by atoms with Crippen LogP contribution in [0.1, 0.15) is 25.3 Å². The summed E-state index contributed by atoms with van der Waals surface area (Å²) in [5, 5.41) is 6.03. The average Bonchev–Trinajstić information content (AvgIpc) is 3.11. The van der Waals surface area contributed by atoms with Crippen molar-refractivity contribution in [1.82, 2.24) is 29.7 Å². The van der Waals surface area contributed by atoms with E-state index in [0.717, 1.165) is 68.2 Å². The molecule has 0 bridgehead atoms. The quantitative estimate of drug-likeness (QED) is 0.213. The molecule has 0 unspecified atom stereocenters. The first-order valence-electron chi connectivity index (χ1n) is 17.0. The fourth-order valence-electron chi connectivity index (χ4n) is 6.68. The average molecular weight is 745 g/mol. The molecule has 2 aromatic heterocycles. The summed E-state index contributed by atoms with van der Waals surface area (Å²) in [4.78, 5) is 24.4. The fraction of sp³-hybridized carbons (Fsp3) is 0.471. The molecule has 4 aromatic rings. The molecule has 52 heavy (non-hydrogen) atoms. The minimum absolute atomic E-state index is 0.0276. The Morgan fingerprint density at radius 2 is 1.67 bits per heavy atom. The van der Waals surface area contributed by atoms with Gasteiger partial charge in [-0.2, -0.15) is 4.98 Å². The van der Waals surface area contributed by atoms with Gasteiger partial charge < -0.3 is 29.9 Å². The summed E-state index contributed by atoms with van der Waals surface area (Å²) in [5.41, 5.74) is 2.86. The van der Waals surface area contributed by atoms with E-state index in [4.69, 9.17) is 4.74 Å². The van der Waals surface area contributed by atoms with E-state index >= 15 is 0 Å². The third kappa shape index (κ3) is 8.34. The number of benzene rings is 2. The van der Waals surface area contributed by atoms with Gasteiger partial charge in [-0.3, -0.25) is 19.2 Å². The fourth-order valence-corrected chi connectivity index (χ4v) is 7.20. The van der Waals surface area contributed by atoms with Crippen molar-refractivity contribution in [3.63, 3.8) is 0 Å². The second-order valence-corrected chi connectivity index (χ2v) is 14.9. The van der Waals surface area contributed by atoms with Crippen molar-refractivity contribution in [3.05, 3.63) is 48.4 Å². The normalized spacial score (nSPS) is 16.6. The molecule has 0 spiro atoms. The molecule has 2 aromatic carbocycles. The molecule has 14 nitrogen and oxygen atoms in total. The molecular formula is C34H43F3N10O4S. The van der Waals surface area contributed by atoms with E-state index in [1.807, 2.05) is 6.92 Å². The second-order valence-electron chi connectivity index (χ2n) is 12.9. The van der Waals surface area contributed by atoms with Gasteiger partial charge >= 0.3 is 6.36 Å². The molecule has 2 aliphatic heterocycles. The number of halogens is 3. The minimum Gasteiger partial charge on any atom is -0.491 e. The highest BCUT2D eigenvalue weighted by atomic mass is 32.2. The Labute approximate surface area is 301 Å². The van der Waals surface area contributed by atoms with Crippen LogP contribution in [0.5, 0.6) is 11.5 Å². The lowest BCUT2D eigenvalue weighted by Crippen LogP contribution is -2.52. The number of hydrogen-bond acceptors (Lipinski definition) is 13. The molecule has 2 aliphatic rings. The number of likely N-dealkylation sites (N-methyl/N-ethyl adjacent to an activating group) is 1. The van der Waals surface area contributed by atoms with Gasteiger partial charge in [0.1, 0.15) is 11.2 Å². The summed E-state index contributed by atoms with van der Waals surface area (Å²) in [6.07, 6.45) is 2.81. The van der Waals surface area contributed by atoms with Crippen molar-refractivity contribution < 1.29 is 31.1 Å². The molecule has 0 atom stereocenters. The molecule has 6 rings (SSSR count). The first-order chi connectivity index (χ1) is 24.7. The number of sulfonamides is 1. The van der Waals surface area contributed by atoms with Gasteiger partial charge in [0.05, 0.1) is 36.5 Å². The van der Waals surface area contributed by atoms with Crippen molar-refractivity contribution in [1.29, 1.82) is 0 Å². The number of ether oxygens (including phenoxy) is 2. The van der Waals surface area contributed by atoms with Crippen molar-refractivity contribution in [2.45, 2.75) is 38.6 Å². The summed E-state index contributed by atoms with van der Waals surface area (Å²) < 4.78 is 77.9. The van der Waals surface area contributed by atoms with Gasteiger partial charge in [0.15, 0.2) is 17.3 Å². The Kier molecular flexibility index (Phi) is 10.8. The van der Waals surface area contributed by atoms with Gasteiger partial charge in [0, 0.05) is 76.5 Å². The Bertz CT molecular complexity index is 2000. The Hall–Kier alpha value is -4.68. The number of aryl methyl sites for hydroxylation is 1. The monoisotopic (exact) mass is 744 g/mol. The number of nitrogens with one attached hydrogen (secondary N) is 2. The van der Waals surface area contributed by atoms with Gasteiger partial charge in [-0.05, 0) is 50.1 Å². The smallest absolute Gasteiger partial charge is 0.491 e. The van der Waals surface area contributed by atoms with Crippen molar-refractivity contribution in [3.8, 4) is 11.5 Å². The summed E-state index contributed by atoms with van der Waals surface area (Å²) >= 11 is 0. The molecule has 4 heterocycles. The van der Waals surface area contributed by atoms with Crippen LogP contribution in [-0.2, 0) is 16.4 Å². The van der Waals surface area contributed by atoms with Crippen LogP contribution in [0.3, 0.4) is 0 Å². The molecule has 18 heteroatoms. The molecular weight excluding hydrogens is 702 g/mol. The van der Waals surface area contributed by atoms with Crippen LogP contribution in [-0.4, -0.2) is 117 Å². The molecule has 2 saturated heterocycles. The van der Waals surface area contributed by atoms with Crippen molar-refractivity contribution in [2.75, 3.05) is 86.6 Å². The third-order valence-corrected chi connectivity index (χ3v) is 10.7. The largest absolute Gasteiger partial charge is 0.573 e. The lowest BCUT2D eigenvalue weighted by molar-refractivity contribution is -0.274. The number of rotatable bonds is 11. The topological polar surface area (TPSA) is 141 Å². The maximum absolute atomic E-state index is 13.8. The number of alkyl halides is 3. The maximum Gasteiger partial charge on any atom is 0.573 e. The lowest BCUT2D eigenvalue weighted by atomic mass is 9.99. The summed E-state index contributed by atoms with van der Waals surface area (Å²) in [7, 11) is 1.18. The number of piperidine rings is 1. The van der Waals surface area contributed by atoms with E-state index in [-0.39, 0.29) is 28.9 Å². The minimum atomic E-state index is -4.95. The van der Waals surface area contributed by atoms with Crippen LogP contribution in [0.25, 0.3) is 11.0 Å². The predicted molar refractivity (Wildman–Crippen MR) is 195 cm³/mol. The zero-order chi connectivity index (χ0) is 37.2. The SMILES string of the molecule is CCc1cc(Nc2ncc(OC)c(Nc3ccc4nccnc4c3N(C)S(C)(=O)=O)n2)c(OC(F)(F)F)cc1N1CCC(N2CCN(C)CC2)CC1. The molecule has 0 aliphatic carbocycles. The van der Waals surface area contributed by atoms with Crippen LogP contribution in [0, 0.1) is 0 Å². The number of nitrogens with zero attached hydrogens (tertiary/aromatic N) is 8. The summed E-state index contributed by atoms with van der Waals surface area (Å²) in [5.74, 6) is -0.175. The Balaban J connectivity index is 1.31. The van der Waals surface area contributed by atoms with Gasteiger partial charge in [-0.1, -0.05) is 6.92 Å². The number of anilines is 6. The Morgan fingerprint density at radius 3 is 2.33 bits per heavy atom. The molecule has 0 amide bonds. The number of fused-ring (bicyclic) bond motifs is 1. The molecule has 0 saturated carbocycles. The van der Waals surface area contributed by atoms with Crippen LogP contribution in [0.4, 0.5) is 47.7 Å². The zero-order valence-corrected chi connectivity index (χ0v) is 30.6. The zero-order valence-electron chi connectivity index (χ0n) is 29.7. The van der Waals surface area contributed by atoms with Crippen molar-refractivity contribution >= 4 is 55.6 Å². The number of methoxy groups -OCH3 is 1. The van der Waals surface area contributed by atoms with Crippen LogP contribution in [0.15, 0.2) is 42.9 Å². The van der Waals surface area contributed by atoms with Gasteiger partial charge in [0.25, 0.3) is 0 Å². The number of piperazine rings is 1. The molecule has 0 radical (unpaired) electrons. The maximum atomic E-state index is 13.8. The number of hydrogen-bond donors (Lipinski definition) is 2. The second kappa shape index (κ2) is 15.1. The first kappa shape index (κ1) is 37.1. The first-order valence-corrected chi connectivity index (χ1v) is 18.8. The predicted octanol–water partition coefficient (Wildman–Crippen LogP) is 4.99. The van der Waals surface area contributed by atoms with E-state index in [2.05, 4.69) is 57.1 Å². The van der Waals surface area contributed by atoms with Gasteiger partial charge in [0.2, 0.25) is 16.0 Å². The third-order valence-electron chi connectivity index (χ3n) is 9.55. The Morgan fingerprint density at radius 1 is 0.962 bits per heavy atom. The highest BCUT2D eigenvalue weighted by Crippen LogP contribution is 2.41. The van der Waals surface area contributed by atoms with E-state index in [0.29, 0.717) is 34.9 Å². The summed E-state index contributed by atoms with van der Waals surface area (Å²) in [6, 6.07) is 6.82. The number of aromatic nitrogens is 4. The lowest BCUT2D eigenvalue weighted by Gasteiger charge is -2.43. The van der Waals surface area contributed by atoms with E-state index in [9.17, 15) is 21.6 Å². The van der Waals surface area contributed by atoms with Gasteiger partial charge in [-0.15, -0.1) is 13.2 Å². The molecule has 2 fully saturated rings. The van der Waals surface area contributed by atoms with Gasteiger partial charge in [-0.25, -0.2) is 13.4 Å². The van der Waals surface area contributed by atoms with E-state index in [1.165, 1.54) is 38.8 Å². The highest BCUT2D eigenvalue weighted by Gasteiger charge is 2.34. The standard InChI is InChI=1S/C34H43F3N10O4S/c1-6-22-19-26(28(51-34(35,36)37)20-27(22)47-13-9-23(10-14-47)46-17-15-44(2)16-18-46)42-33-40-21-29(50-4)32(43-33)41-25-8-7-24-30(39-12-11-38-24)31(25)45(3)52(5,48)49/h7-8,11-12,19-21,23H,6,9-10,13-18H2,1-5H3,(H2,40,41,42,43). The van der Waals surface area contributed by atoms with Crippen LogP contribution < -0.4 is 29.3 Å². The van der Waals surface area contributed by atoms with Crippen molar-refractivity contribution in [2.24, 2.45) is 0 Å². The molecule has 280 valence electrons. The molecule has 2 N–H and O–H groups in total. The van der Waals surface area contributed by atoms with E-state index in [1.54, 1.807) is 18.2 Å². The van der Waals surface area contributed by atoms with E-state index < -0.39 is 22.1 Å². The van der Waals surface area contributed by atoms with Crippen LogP contribution in [0.2, 0.25) is 0 Å². The summed E-state index contributed by atoms with van der Waals surface area (Å²) in [6.45, 7) is 7.49.